The molecule has 1 fully saturated rings. The van der Waals surface area contributed by atoms with Crippen molar-refractivity contribution in [3.05, 3.63) is 78.3 Å². The number of rotatable bonds is 15. The van der Waals surface area contributed by atoms with Crippen LogP contribution in [0.1, 0.15) is 54.0 Å². The first-order valence-corrected chi connectivity index (χ1v) is 14.2. The average molecular weight is 546 g/mol. The molecule has 1 aliphatic rings. The molecule has 40 heavy (non-hydrogen) atoms. The highest BCUT2D eigenvalue weighted by Crippen LogP contribution is 2.30. The zero-order valence-electron chi connectivity index (χ0n) is 23.3. The molecular weight excluding hydrogens is 507 g/mol. The van der Waals surface area contributed by atoms with Gasteiger partial charge in [0.2, 0.25) is 0 Å². The molecule has 0 saturated carbocycles. The molecule has 4 rings (SSSR count). The topological polar surface area (TPSA) is 92.5 Å². The maximum atomic E-state index is 13.9. The number of furan rings is 1. The van der Waals surface area contributed by atoms with E-state index in [0.717, 1.165) is 74.6 Å². The zero-order valence-corrected chi connectivity index (χ0v) is 23.3. The predicted octanol–water partition coefficient (Wildman–Crippen LogP) is 4.47. The van der Waals surface area contributed by atoms with E-state index < -0.39 is 5.97 Å². The molecule has 1 N–H and O–H groups in total. The Morgan fingerprint density at radius 2 is 1.75 bits per heavy atom. The van der Waals surface area contributed by atoms with Gasteiger partial charge in [-0.15, -0.1) is 0 Å². The van der Waals surface area contributed by atoms with Crippen LogP contribution in [-0.4, -0.2) is 80.6 Å². The second kappa shape index (κ2) is 15.3. The first-order chi connectivity index (χ1) is 19.5. The normalized spacial score (nSPS) is 14.5. The van der Waals surface area contributed by atoms with Gasteiger partial charge in [-0.1, -0.05) is 30.3 Å². The van der Waals surface area contributed by atoms with Crippen LogP contribution in [-0.2, 0) is 9.53 Å². The first kappa shape index (κ1) is 29.4. The van der Waals surface area contributed by atoms with E-state index in [4.69, 9.17) is 19.0 Å². The lowest BCUT2D eigenvalue weighted by molar-refractivity contribution is -0.137. The van der Waals surface area contributed by atoms with E-state index in [0.29, 0.717) is 25.1 Å². The van der Waals surface area contributed by atoms with Crippen LogP contribution in [0.3, 0.4) is 0 Å². The number of amides is 1. The summed E-state index contributed by atoms with van der Waals surface area (Å²) in [7, 11) is 2.06. The van der Waals surface area contributed by atoms with Gasteiger partial charge in [0.25, 0.3) is 5.91 Å². The van der Waals surface area contributed by atoms with Gasteiger partial charge < -0.3 is 23.9 Å². The molecule has 2 aromatic carbocycles. The molecule has 0 spiro atoms. The summed E-state index contributed by atoms with van der Waals surface area (Å²) in [4.78, 5) is 29.0. The van der Waals surface area contributed by atoms with Crippen LogP contribution in [0.15, 0.2) is 71.5 Å². The predicted molar refractivity (Wildman–Crippen MR) is 156 cm³/mol. The summed E-state index contributed by atoms with van der Waals surface area (Å²) in [5.74, 6) is -0.227. The minimum atomic E-state index is -0.769. The van der Waals surface area contributed by atoms with Crippen molar-refractivity contribution in [2.24, 2.45) is 0 Å². The van der Waals surface area contributed by atoms with Crippen LogP contribution in [0.25, 0.3) is 11.1 Å². The van der Waals surface area contributed by atoms with Gasteiger partial charge in [0.15, 0.2) is 0 Å². The SMILES string of the molecule is BC(c1ccccc1OCCCCCC(=O)O)N(CCCN1CCOCC1)C(=O)c1ccc(-c2ccoc2)cc1. The molecule has 1 saturated heterocycles. The molecule has 212 valence electrons. The van der Waals surface area contributed by atoms with E-state index in [1.807, 2.05) is 59.5 Å². The smallest absolute Gasteiger partial charge is 0.303 e. The standard InChI is InChI=1S/C31H39BN2O6/c32-30(27-7-3-4-8-28(27)40-19-5-1-2-9-29(35)36)34(16-6-15-33-17-21-38-22-18-33)31(37)25-12-10-24(11-13-25)26-14-20-39-23-26/h3-4,7-8,10-14,20,23,30H,1-2,5-6,9,15-19,21-22,32H2,(H,35,36). The molecular formula is C31H39BN2O6. The quantitative estimate of drug-likeness (QED) is 0.222. The van der Waals surface area contributed by atoms with Gasteiger partial charge in [-0.05, 0) is 55.5 Å². The fourth-order valence-corrected chi connectivity index (χ4v) is 5.02. The number of nitrogens with zero attached hydrogens (tertiary/aromatic N) is 2. The molecule has 1 amide bonds. The van der Waals surface area contributed by atoms with E-state index >= 15 is 0 Å². The van der Waals surface area contributed by atoms with Crippen LogP contribution in [0.4, 0.5) is 0 Å². The summed E-state index contributed by atoms with van der Waals surface area (Å²) in [6.07, 6.45) is 6.59. The molecule has 1 aromatic heterocycles. The lowest BCUT2D eigenvalue weighted by Crippen LogP contribution is -2.40. The number of para-hydroxylation sites is 1. The molecule has 0 bridgehead atoms. The van der Waals surface area contributed by atoms with Crippen LogP contribution in [0.5, 0.6) is 5.75 Å². The Balaban J connectivity index is 1.46. The van der Waals surface area contributed by atoms with Crippen molar-refractivity contribution in [3.63, 3.8) is 0 Å². The Hall–Kier alpha value is -3.56. The molecule has 1 aliphatic heterocycles. The van der Waals surface area contributed by atoms with E-state index in [1.54, 1.807) is 12.5 Å². The maximum absolute atomic E-state index is 13.9. The van der Waals surface area contributed by atoms with Gasteiger partial charge in [-0.3, -0.25) is 14.5 Å². The molecule has 0 radical (unpaired) electrons. The van der Waals surface area contributed by atoms with Gasteiger partial charge in [-0.25, -0.2) is 0 Å². The van der Waals surface area contributed by atoms with Gasteiger partial charge in [0.05, 0.1) is 32.3 Å². The van der Waals surface area contributed by atoms with Crippen molar-refractivity contribution in [1.82, 2.24) is 9.80 Å². The average Bonchev–Trinajstić information content (AvgIpc) is 3.52. The monoisotopic (exact) mass is 546 g/mol. The number of carboxylic acid groups (broad SMARTS) is 1. The van der Waals surface area contributed by atoms with Crippen molar-refractivity contribution < 1.29 is 28.6 Å². The fourth-order valence-electron chi connectivity index (χ4n) is 5.02. The van der Waals surface area contributed by atoms with Gasteiger partial charge in [0, 0.05) is 55.2 Å². The fraction of sp³-hybridized carbons (Fsp3) is 0.419. The van der Waals surface area contributed by atoms with E-state index in [2.05, 4.69) is 12.7 Å². The number of carbonyl (C=O) groups excluding carboxylic acids is 1. The highest BCUT2D eigenvalue weighted by molar-refractivity contribution is 6.14. The molecule has 9 heteroatoms. The Kier molecular flexibility index (Phi) is 11.2. The van der Waals surface area contributed by atoms with Crippen LogP contribution in [0.2, 0.25) is 0 Å². The summed E-state index contributed by atoms with van der Waals surface area (Å²) in [5.41, 5.74) is 3.58. The molecule has 1 unspecified atom stereocenters. The van der Waals surface area contributed by atoms with Crippen LogP contribution in [0, 0.1) is 0 Å². The molecule has 1 atom stereocenters. The summed E-state index contributed by atoms with van der Waals surface area (Å²) in [6, 6.07) is 17.5. The summed E-state index contributed by atoms with van der Waals surface area (Å²) in [6.45, 7) is 5.37. The highest BCUT2D eigenvalue weighted by atomic mass is 16.5. The Morgan fingerprint density at radius 1 is 0.975 bits per heavy atom. The van der Waals surface area contributed by atoms with Crippen molar-refractivity contribution in [1.29, 1.82) is 0 Å². The van der Waals surface area contributed by atoms with Crippen molar-refractivity contribution in [2.75, 3.05) is 46.0 Å². The van der Waals surface area contributed by atoms with Crippen molar-refractivity contribution >= 4 is 19.7 Å². The number of benzene rings is 2. The number of carbonyl (C=O) groups is 2. The number of aliphatic carboxylic acids is 1. The second-order valence-corrected chi connectivity index (χ2v) is 10.2. The van der Waals surface area contributed by atoms with E-state index in [1.165, 1.54) is 0 Å². The number of hydrogen-bond acceptors (Lipinski definition) is 6. The minimum Gasteiger partial charge on any atom is -0.493 e. The lowest BCUT2D eigenvalue weighted by atomic mass is 9.86. The Bertz CT molecular complexity index is 1190. The summed E-state index contributed by atoms with van der Waals surface area (Å²) < 4.78 is 16.8. The number of morpholine rings is 1. The highest BCUT2D eigenvalue weighted by Gasteiger charge is 2.25. The van der Waals surface area contributed by atoms with E-state index in [-0.39, 0.29) is 18.3 Å². The third-order valence-corrected chi connectivity index (χ3v) is 7.35. The van der Waals surface area contributed by atoms with Gasteiger partial charge >= 0.3 is 5.97 Å². The van der Waals surface area contributed by atoms with Crippen LogP contribution >= 0.6 is 0 Å². The second-order valence-electron chi connectivity index (χ2n) is 10.2. The number of ether oxygens (including phenoxy) is 2. The third-order valence-electron chi connectivity index (χ3n) is 7.35. The molecule has 0 aliphatic carbocycles. The Labute approximate surface area is 237 Å². The Morgan fingerprint density at radius 3 is 2.48 bits per heavy atom. The maximum Gasteiger partial charge on any atom is 0.303 e. The first-order valence-electron chi connectivity index (χ1n) is 14.2. The van der Waals surface area contributed by atoms with E-state index in [9.17, 15) is 9.59 Å². The number of unbranched alkanes of at least 4 members (excludes halogenated alkanes) is 2. The van der Waals surface area contributed by atoms with Crippen molar-refractivity contribution in [2.45, 2.75) is 38.0 Å². The number of carboxylic acids is 1. The largest absolute Gasteiger partial charge is 0.493 e. The van der Waals surface area contributed by atoms with Crippen molar-refractivity contribution in [3.8, 4) is 16.9 Å². The zero-order chi connectivity index (χ0) is 28.2. The summed E-state index contributed by atoms with van der Waals surface area (Å²) in [5, 5.41) is 8.84. The minimum absolute atomic E-state index is 0.0169. The van der Waals surface area contributed by atoms with Gasteiger partial charge in [-0.2, -0.15) is 0 Å². The summed E-state index contributed by atoms with van der Waals surface area (Å²) >= 11 is 0. The molecule has 2 heterocycles. The molecule has 8 nitrogen and oxygen atoms in total. The van der Waals surface area contributed by atoms with Crippen LogP contribution < -0.4 is 4.74 Å². The number of hydrogen-bond donors (Lipinski definition) is 1. The third kappa shape index (κ3) is 8.47. The lowest BCUT2D eigenvalue weighted by Gasteiger charge is -2.33. The van der Waals surface area contributed by atoms with Gasteiger partial charge in [0.1, 0.15) is 13.6 Å². The molecule has 3 aromatic rings.